The van der Waals surface area contributed by atoms with E-state index in [1.165, 1.54) is 11.8 Å². The van der Waals surface area contributed by atoms with Gasteiger partial charge in [-0.2, -0.15) is 12.6 Å². The fraction of sp³-hybridized carbons (Fsp3) is 0.333. The van der Waals surface area contributed by atoms with Crippen LogP contribution in [0.3, 0.4) is 0 Å². The largest absolute Gasteiger partial charge is 0.363 e. The third-order valence-electron chi connectivity index (χ3n) is 3.87. The van der Waals surface area contributed by atoms with Crippen molar-refractivity contribution < 1.29 is 0 Å². The van der Waals surface area contributed by atoms with Crippen LogP contribution in [0.25, 0.3) is 11.3 Å². The SMILES string of the molecule is Cc1ccc(C(C)(S)C=N)cc1-c1ccc(C)c(N(C)C)n1. The molecular weight excluding hydrogens is 290 g/mol. The molecule has 0 aliphatic carbocycles. The molecule has 1 N–H and O–H groups in total. The highest BCUT2D eigenvalue weighted by molar-refractivity contribution is 7.82. The monoisotopic (exact) mass is 313 g/mol. The van der Waals surface area contributed by atoms with E-state index in [9.17, 15) is 0 Å². The first-order valence-corrected chi connectivity index (χ1v) is 7.71. The Kier molecular flexibility index (Phi) is 4.61. The molecule has 1 aromatic heterocycles. The summed E-state index contributed by atoms with van der Waals surface area (Å²) >= 11 is 4.57. The highest BCUT2D eigenvalue weighted by Crippen LogP contribution is 2.32. The number of nitrogens with one attached hydrogen (secondary N) is 1. The number of nitrogens with zero attached hydrogens (tertiary/aromatic N) is 2. The maximum atomic E-state index is 7.57. The predicted octanol–water partition coefficient (Wildman–Crippen LogP) is 4.23. The van der Waals surface area contributed by atoms with E-state index in [2.05, 4.69) is 50.7 Å². The van der Waals surface area contributed by atoms with E-state index >= 15 is 0 Å². The van der Waals surface area contributed by atoms with Crippen LogP contribution in [0.2, 0.25) is 0 Å². The van der Waals surface area contributed by atoms with Crippen molar-refractivity contribution in [2.75, 3.05) is 19.0 Å². The topological polar surface area (TPSA) is 40.0 Å². The summed E-state index contributed by atoms with van der Waals surface area (Å²) in [6.45, 7) is 6.07. The molecule has 1 atom stereocenters. The molecular formula is C18H23N3S. The molecule has 0 saturated heterocycles. The number of benzene rings is 1. The average molecular weight is 313 g/mol. The van der Waals surface area contributed by atoms with Gasteiger partial charge in [0.25, 0.3) is 0 Å². The van der Waals surface area contributed by atoms with Gasteiger partial charge < -0.3 is 10.3 Å². The Hall–Kier alpha value is -1.81. The van der Waals surface area contributed by atoms with E-state index in [0.717, 1.165) is 28.2 Å². The zero-order valence-corrected chi connectivity index (χ0v) is 14.7. The fourth-order valence-corrected chi connectivity index (χ4v) is 2.56. The summed E-state index contributed by atoms with van der Waals surface area (Å²) in [6.07, 6.45) is 1.36. The Morgan fingerprint density at radius 1 is 1.14 bits per heavy atom. The van der Waals surface area contributed by atoms with Gasteiger partial charge in [0.05, 0.1) is 10.4 Å². The van der Waals surface area contributed by atoms with Crippen molar-refractivity contribution in [3.8, 4) is 11.3 Å². The van der Waals surface area contributed by atoms with Crippen LogP contribution in [0.15, 0.2) is 30.3 Å². The Morgan fingerprint density at radius 2 is 1.77 bits per heavy atom. The molecule has 0 aliphatic rings. The number of thiol groups is 1. The highest BCUT2D eigenvalue weighted by atomic mass is 32.1. The van der Waals surface area contributed by atoms with E-state index < -0.39 is 4.75 Å². The quantitative estimate of drug-likeness (QED) is 0.655. The van der Waals surface area contributed by atoms with E-state index in [1.807, 2.05) is 32.0 Å². The second-order valence-corrected chi connectivity index (χ2v) is 6.98. The van der Waals surface area contributed by atoms with Gasteiger partial charge in [0.2, 0.25) is 0 Å². The van der Waals surface area contributed by atoms with Crippen molar-refractivity contribution in [2.45, 2.75) is 25.5 Å². The highest BCUT2D eigenvalue weighted by Gasteiger charge is 2.20. The standard InChI is InChI=1S/C18H23N3S/c1-12-6-8-14(18(3,22)11-19)10-15(12)16-9-7-13(2)17(20-16)21(4)5/h6-11,19,22H,1-5H3. The summed E-state index contributed by atoms with van der Waals surface area (Å²) in [4.78, 5) is 6.82. The van der Waals surface area contributed by atoms with Gasteiger partial charge in [0, 0.05) is 25.9 Å². The predicted molar refractivity (Wildman–Crippen MR) is 98.6 cm³/mol. The van der Waals surface area contributed by atoms with Gasteiger partial charge in [0.15, 0.2) is 0 Å². The molecule has 1 aromatic carbocycles. The molecule has 0 spiro atoms. The lowest BCUT2D eigenvalue weighted by molar-refractivity contribution is 0.957. The number of anilines is 1. The number of pyridine rings is 1. The molecule has 22 heavy (non-hydrogen) atoms. The summed E-state index contributed by atoms with van der Waals surface area (Å²) in [5, 5.41) is 7.57. The lowest BCUT2D eigenvalue weighted by Crippen LogP contribution is -2.15. The summed E-state index contributed by atoms with van der Waals surface area (Å²) in [5.74, 6) is 0.975. The molecule has 116 valence electrons. The first-order chi connectivity index (χ1) is 10.3. The first-order valence-electron chi connectivity index (χ1n) is 7.26. The Morgan fingerprint density at radius 3 is 2.36 bits per heavy atom. The maximum Gasteiger partial charge on any atom is 0.131 e. The molecule has 0 amide bonds. The minimum absolute atomic E-state index is 0.572. The lowest BCUT2D eigenvalue weighted by Gasteiger charge is -2.21. The van der Waals surface area contributed by atoms with Crippen LogP contribution in [0.4, 0.5) is 5.82 Å². The molecule has 1 unspecified atom stereocenters. The fourth-order valence-electron chi connectivity index (χ4n) is 2.42. The van der Waals surface area contributed by atoms with Crippen LogP contribution < -0.4 is 4.90 Å². The van der Waals surface area contributed by atoms with Gasteiger partial charge >= 0.3 is 0 Å². The van der Waals surface area contributed by atoms with Gasteiger partial charge in [-0.1, -0.05) is 18.2 Å². The molecule has 0 saturated carbocycles. The zero-order valence-electron chi connectivity index (χ0n) is 13.8. The number of aryl methyl sites for hydroxylation is 2. The van der Waals surface area contributed by atoms with Crippen LogP contribution in [-0.2, 0) is 4.75 Å². The number of hydrogen-bond donors (Lipinski definition) is 2. The average Bonchev–Trinajstić information content (AvgIpc) is 2.48. The van der Waals surface area contributed by atoms with E-state index in [-0.39, 0.29) is 0 Å². The Balaban J connectivity index is 2.60. The zero-order chi connectivity index (χ0) is 16.5. The van der Waals surface area contributed by atoms with Crippen molar-refractivity contribution in [1.29, 1.82) is 5.41 Å². The van der Waals surface area contributed by atoms with Gasteiger partial charge in [-0.25, -0.2) is 4.98 Å². The van der Waals surface area contributed by atoms with Crippen molar-refractivity contribution in [2.24, 2.45) is 0 Å². The van der Waals surface area contributed by atoms with E-state index in [1.54, 1.807) is 0 Å². The molecule has 3 nitrogen and oxygen atoms in total. The van der Waals surface area contributed by atoms with Crippen LogP contribution in [0.1, 0.15) is 23.6 Å². The summed E-state index contributed by atoms with van der Waals surface area (Å²) in [6, 6.07) is 10.3. The molecule has 1 heterocycles. The van der Waals surface area contributed by atoms with Gasteiger partial charge in [-0.15, -0.1) is 0 Å². The Bertz CT molecular complexity index is 705. The summed E-state index contributed by atoms with van der Waals surface area (Å²) in [7, 11) is 4.00. The summed E-state index contributed by atoms with van der Waals surface area (Å²) < 4.78 is -0.572. The maximum absolute atomic E-state index is 7.57. The normalized spacial score (nSPS) is 13.5. The molecule has 2 aromatic rings. The number of aromatic nitrogens is 1. The molecule has 4 heteroatoms. The molecule has 2 rings (SSSR count). The number of rotatable bonds is 4. The molecule has 0 aliphatic heterocycles. The van der Waals surface area contributed by atoms with E-state index in [4.69, 9.17) is 10.4 Å². The Labute approximate surface area is 138 Å². The van der Waals surface area contributed by atoms with Crippen LogP contribution in [0.5, 0.6) is 0 Å². The van der Waals surface area contributed by atoms with Gasteiger partial charge in [0.1, 0.15) is 5.82 Å². The first kappa shape index (κ1) is 16.6. The molecule has 0 bridgehead atoms. The third kappa shape index (κ3) is 3.17. The van der Waals surface area contributed by atoms with Crippen molar-refractivity contribution in [3.05, 3.63) is 47.0 Å². The molecule has 0 fully saturated rings. The van der Waals surface area contributed by atoms with Crippen LogP contribution in [0, 0.1) is 19.3 Å². The van der Waals surface area contributed by atoms with Gasteiger partial charge in [-0.3, -0.25) is 0 Å². The van der Waals surface area contributed by atoms with Crippen molar-refractivity contribution >= 4 is 24.7 Å². The summed E-state index contributed by atoms with van der Waals surface area (Å²) in [5.41, 5.74) is 5.35. The van der Waals surface area contributed by atoms with Crippen LogP contribution >= 0.6 is 12.6 Å². The lowest BCUT2D eigenvalue weighted by atomic mass is 9.95. The van der Waals surface area contributed by atoms with Crippen molar-refractivity contribution in [1.82, 2.24) is 4.98 Å². The smallest absolute Gasteiger partial charge is 0.131 e. The third-order valence-corrected chi connectivity index (χ3v) is 4.26. The second kappa shape index (κ2) is 6.13. The molecule has 0 radical (unpaired) electrons. The van der Waals surface area contributed by atoms with Gasteiger partial charge in [-0.05, 0) is 49.6 Å². The number of hydrogen-bond acceptors (Lipinski definition) is 4. The minimum Gasteiger partial charge on any atom is -0.363 e. The minimum atomic E-state index is -0.572. The van der Waals surface area contributed by atoms with Crippen LogP contribution in [-0.4, -0.2) is 25.3 Å². The van der Waals surface area contributed by atoms with Crippen molar-refractivity contribution in [3.63, 3.8) is 0 Å². The van der Waals surface area contributed by atoms with E-state index in [0.29, 0.717) is 0 Å². The second-order valence-electron chi connectivity index (χ2n) is 6.05.